The molecule has 25 heavy (non-hydrogen) atoms. The summed E-state index contributed by atoms with van der Waals surface area (Å²) in [6.45, 7) is 3.52. The van der Waals surface area contributed by atoms with Gasteiger partial charge < -0.3 is 10.1 Å². The van der Waals surface area contributed by atoms with Gasteiger partial charge in [0.25, 0.3) is 0 Å². The van der Waals surface area contributed by atoms with Gasteiger partial charge in [0.2, 0.25) is 0 Å². The fourth-order valence-electron chi connectivity index (χ4n) is 4.89. The zero-order valence-corrected chi connectivity index (χ0v) is 15.4. The Balaban J connectivity index is 1.55. The number of piperidine rings is 1. The number of benzene rings is 2. The minimum Gasteiger partial charge on any atom is -0.497 e. The van der Waals surface area contributed by atoms with Crippen LogP contribution in [0.4, 0.5) is 0 Å². The predicted molar refractivity (Wildman–Crippen MR) is 103 cm³/mol. The lowest BCUT2D eigenvalue weighted by Gasteiger charge is -2.45. The third kappa shape index (κ3) is 3.32. The first-order valence-corrected chi connectivity index (χ1v) is 9.71. The van der Waals surface area contributed by atoms with Gasteiger partial charge in [0.05, 0.1) is 7.11 Å². The number of aryl methyl sites for hydroxylation is 1. The molecule has 1 aliphatic carbocycles. The second-order valence-electron chi connectivity index (χ2n) is 7.81. The van der Waals surface area contributed by atoms with Crippen molar-refractivity contribution in [1.29, 1.82) is 0 Å². The topological polar surface area (TPSA) is 21.3 Å². The molecule has 4 atom stereocenters. The molecule has 132 valence electrons. The number of hydrogen-bond donors (Lipinski definition) is 1. The van der Waals surface area contributed by atoms with E-state index in [1.54, 1.807) is 18.2 Å². The van der Waals surface area contributed by atoms with Gasteiger partial charge >= 0.3 is 0 Å². The van der Waals surface area contributed by atoms with Gasteiger partial charge in [0, 0.05) is 6.04 Å². The van der Waals surface area contributed by atoms with Crippen molar-refractivity contribution in [1.82, 2.24) is 5.32 Å². The Morgan fingerprint density at radius 1 is 1.08 bits per heavy atom. The highest BCUT2D eigenvalue weighted by molar-refractivity contribution is 5.44. The third-order valence-electron chi connectivity index (χ3n) is 6.30. The van der Waals surface area contributed by atoms with Crippen molar-refractivity contribution in [2.45, 2.75) is 50.5 Å². The number of hydrogen-bond acceptors (Lipinski definition) is 2. The fourth-order valence-corrected chi connectivity index (χ4v) is 4.89. The summed E-state index contributed by atoms with van der Waals surface area (Å²) in [5.74, 6) is 3.02. The maximum atomic E-state index is 5.51. The predicted octanol–water partition coefficient (Wildman–Crippen LogP) is 4.90. The normalized spacial score (nSPS) is 27.6. The lowest BCUT2D eigenvalue weighted by molar-refractivity contribution is 0.229. The van der Waals surface area contributed by atoms with Gasteiger partial charge in [-0.05, 0) is 78.8 Å². The van der Waals surface area contributed by atoms with Crippen molar-refractivity contribution in [3.63, 3.8) is 0 Å². The Kier molecular flexibility index (Phi) is 4.80. The Morgan fingerprint density at radius 3 is 2.72 bits per heavy atom. The van der Waals surface area contributed by atoms with E-state index in [0.717, 1.165) is 12.3 Å². The second kappa shape index (κ2) is 7.21. The highest BCUT2D eigenvalue weighted by Gasteiger charge is 2.40. The highest BCUT2D eigenvalue weighted by atomic mass is 16.5. The summed E-state index contributed by atoms with van der Waals surface area (Å²) >= 11 is 0. The number of nitrogens with one attached hydrogen (secondary N) is 1. The molecular weight excluding hydrogens is 306 g/mol. The lowest BCUT2D eigenvalue weighted by atomic mass is 9.66. The smallest absolute Gasteiger partial charge is 0.119 e. The average molecular weight is 335 g/mol. The lowest BCUT2D eigenvalue weighted by Crippen LogP contribution is -2.48. The SMILES string of the molecule is COc1ccc2c(c1)[C@H]1C[C@H](NC[C@H]1C)C2CCCc1ccccc1. The van der Waals surface area contributed by atoms with Crippen molar-refractivity contribution in [2.24, 2.45) is 5.92 Å². The molecule has 2 bridgehead atoms. The summed E-state index contributed by atoms with van der Waals surface area (Å²) in [7, 11) is 1.77. The zero-order valence-electron chi connectivity index (χ0n) is 15.4. The van der Waals surface area contributed by atoms with E-state index >= 15 is 0 Å². The van der Waals surface area contributed by atoms with Crippen LogP contribution in [0.1, 0.15) is 54.7 Å². The van der Waals surface area contributed by atoms with Crippen LogP contribution in [0.5, 0.6) is 5.75 Å². The first kappa shape index (κ1) is 16.7. The van der Waals surface area contributed by atoms with Gasteiger partial charge in [-0.2, -0.15) is 0 Å². The van der Waals surface area contributed by atoms with Crippen LogP contribution in [0.25, 0.3) is 0 Å². The number of fused-ring (bicyclic) bond motifs is 4. The van der Waals surface area contributed by atoms with Crippen LogP contribution in [0.2, 0.25) is 0 Å². The van der Waals surface area contributed by atoms with Crippen molar-refractivity contribution in [3.8, 4) is 5.75 Å². The highest BCUT2D eigenvalue weighted by Crippen LogP contribution is 2.47. The first-order valence-electron chi connectivity index (χ1n) is 9.71. The van der Waals surface area contributed by atoms with E-state index in [1.807, 2.05) is 0 Å². The van der Waals surface area contributed by atoms with Crippen LogP contribution in [-0.2, 0) is 6.42 Å². The number of ether oxygens (including phenoxy) is 1. The fraction of sp³-hybridized carbons (Fsp3) is 0.478. The van der Waals surface area contributed by atoms with E-state index in [1.165, 1.54) is 31.2 Å². The van der Waals surface area contributed by atoms with Gasteiger partial charge in [0.1, 0.15) is 5.75 Å². The molecule has 0 radical (unpaired) electrons. The number of methoxy groups -OCH3 is 1. The minimum atomic E-state index is 0.633. The summed E-state index contributed by atoms with van der Waals surface area (Å²) in [6, 6.07) is 18.3. The maximum absolute atomic E-state index is 5.51. The Bertz CT molecular complexity index is 711. The molecule has 2 aliphatic rings. The molecule has 0 amide bonds. The van der Waals surface area contributed by atoms with Gasteiger partial charge in [0.15, 0.2) is 0 Å². The zero-order chi connectivity index (χ0) is 17.2. The van der Waals surface area contributed by atoms with Crippen LogP contribution in [0, 0.1) is 5.92 Å². The van der Waals surface area contributed by atoms with Crippen LogP contribution in [0.3, 0.4) is 0 Å². The summed E-state index contributed by atoms with van der Waals surface area (Å²) < 4.78 is 5.51. The molecule has 0 aromatic heterocycles. The molecule has 2 aromatic rings. The second-order valence-corrected chi connectivity index (χ2v) is 7.81. The molecule has 2 heteroatoms. The molecule has 1 N–H and O–H groups in total. The van der Waals surface area contributed by atoms with Gasteiger partial charge in [-0.25, -0.2) is 0 Å². The number of rotatable bonds is 5. The molecule has 1 saturated heterocycles. The summed E-state index contributed by atoms with van der Waals surface area (Å²) in [5.41, 5.74) is 4.57. The molecule has 0 spiro atoms. The van der Waals surface area contributed by atoms with E-state index in [4.69, 9.17) is 4.74 Å². The molecule has 4 rings (SSSR count). The summed E-state index contributed by atoms with van der Waals surface area (Å²) in [6.07, 6.45) is 4.96. The third-order valence-corrected chi connectivity index (χ3v) is 6.30. The Morgan fingerprint density at radius 2 is 1.92 bits per heavy atom. The molecule has 0 saturated carbocycles. The summed E-state index contributed by atoms with van der Waals surface area (Å²) in [4.78, 5) is 0. The quantitative estimate of drug-likeness (QED) is 0.839. The average Bonchev–Trinajstić information content (AvgIpc) is 2.66. The standard InChI is InChI=1S/C23H29NO/c1-16-15-24-23-14-21(16)22-13-18(25-2)11-12-19(22)20(23)10-6-9-17-7-4-3-5-8-17/h3-5,7-8,11-13,16,20-21,23-24H,6,9-10,14-15H2,1-2H3/t16-,20?,21+,23+/m1/s1. The van der Waals surface area contributed by atoms with Crippen LogP contribution < -0.4 is 10.1 Å². The van der Waals surface area contributed by atoms with Gasteiger partial charge in [-0.15, -0.1) is 0 Å². The van der Waals surface area contributed by atoms with E-state index < -0.39 is 0 Å². The molecule has 1 unspecified atom stereocenters. The molecule has 1 fully saturated rings. The Hall–Kier alpha value is -1.80. The van der Waals surface area contributed by atoms with Crippen LogP contribution in [-0.4, -0.2) is 19.7 Å². The molecule has 1 aliphatic heterocycles. The van der Waals surface area contributed by atoms with Crippen molar-refractivity contribution in [3.05, 3.63) is 65.2 Å². The van der Waals surface area contributed by atoms with E-state index in [9.17, 15) is 0 Å². The minimum absolute atomic E-state index is 0.633. The van der Waals surface area contributed by atoms with E-state index in [2.05, 4.69) is 60.8 Å². The largest absolute Gasteiger partial charge is 0.497 e. The van der Waals surface area contributed by atoms with Crippen LogP contribution in [0.15, 0.2) is 48.5 Å². The van der Waals surface area contributed by atoms with Crippen molar-refractivity contribution in [2.75, 3.05) is 13.7 Å². The Labute approximate surface area is 151 Å². The van der Waals surface area contributed by atoms with Crippen molar-refractivity contribution >= 4 is 0 Å². The van der Waals surface area contributed by atoms with E-state index in [-0.39, 0.29) is 0 Å². The van der Waals surface area contributed by atoms with Crippen molar-refractivity contribution < 1.29 is 4.74 Å². The molecule has 2 nitrogen and oxygen atoms in total. The maximum Gasteiger partial charge on any atom is 0.119 e. The monoisotopic (exact) mass is 335 g/mol. The van der Waals surface area contributed by atoms with Crippen LogP contribution >= 0.6 is 0 Å². The van der Waals surface area contributed by atoms with Gasteiger partial charge in [-0.1, -0.05) is 43.3 Å². The molecular formula is C23H29NO. The molecule has 1 heterocycles. The molecule has 2 aromatic carbocycles. The van der Waals surface area contributed by atoms with Gasteiger partial charge in [-0.3, -0.25) is 0 Å². The first-order chi connectivity index (χ1) is 12.3. The van der Waals surface area contributed by atoms with E-state index in [0.29, 0.717) is 23.8 Å². The summed E-state index contributed by atoms with van der Waals surface area (Å²) in [5, 5.41) is 3.84.